The molecule has 0 aromatic heterocycles. The maximum atomic E-state index is 13.7. The van der Waals surface area contributed by atoms with Gasteiger partial charge in [-0.25, -0.2) is 4.39 Å². The molecule has 0 N–H and O–H groups in total. The minimum absolute atomic E-state index is 0.0754. The standard InChI is InChI=1S/C18H13BrFNO4/c19-12-6-5-11(15(20)9-12)10-25-16(22)7-8-21-17(23)13-3-1-2-4-14(13)18(21)24/h1-6,9H,7-8,10H2. The highest BCUT2D eigenvalue weighted by atomic mass is 79.9. The number of ether oxygens (including phenoxy) is 1. The van der Waals surface area contributed by atoms with Gasteiger partial charge in [0.25, 0.3) is 11.8 Å². The largest absolute Gasteiger partial charge is 0.461 e. The molecule has 3 rings (SSSR count). The highest BCUT2D eigenvalue weighted by Crippen LogP contribution is 2.22. The van der Waals surface area contributed by atoms with Gasteiger partial charge in [0.1, 0.15) is 12.4 Å². The molecule has 0 atom stereocenters. The lowest BCUT2D eigenvalue weighted by Crippen LogP contribution is -2.32. The number of hydrogen-bond donors (Lipinski definition) is 0. The normalized spacial score (nSPS) is 13.1. The Kier molecular flexibility index (Phi) is 4.94. The van der Waals surface area contributed by atoms with Crippen LogP contribution in [0.2, 0.25) is 0 Å². The molecule has 0 fully saturated rings. The van der Waals surface area contributed by atoms with Crippen molar-refractivity contribution in [3.8, 4) is 0 Å². The fourth-order valence-corrected chi connectivity index (χ4v) is 2.85. The number of fused-ring (bicyclic) bond motifs is 1. The second-order valence-corrected chi connectivity index (χ2v) is 6.37. The molecule has 2 amide bonds. The molecule has 2 aromatic carbocycles. The fraction of sp³-hybridized carbons (Fsp3) is 0.167. The molecule has 1 aliphatic rings. The highest BCUT2D eigenvalue weighted by molar-refractivity contribution is 9.10. The molecule has 0 aliphatic carbocycles. The molecule has 0 unspecified atom stereocenters. The van der Waals surface area contributed by atoms with Gasteiger partial charge in [0.05, 0.1) is 17.5 Å². The average molecular weight is 406 g/mol. The molecule has 0 radical (unpaired) electrons. The Morgan fingerprint density at radius 2 is 1.72 bits per heavy atom. The fourth-order valence-electron chi connectivity index (χ4n) is 2.51. The van der Waals surface area contributed by atoms with Crippen LogP contribution in [0.25, 0.3) is 0 Å². The van der Waals surface area contributed by atoms with Crippen molar-refractivity contribution in [3.05, 3.63) is 69.4 Å². The molecule has 1 aliphatic heterocycles. The van der Waals surface area contributed by atoms with E-state index in [1.54, 1.807) is 30.3 Å². The lowest BCUT2D eigenvalue weighted by molar-refractivity contribution is -0.145. The van der Waals surface area contributed by atoms with E-state index in [-0.39, 0.29) is 25.1 Å². The number of benzene rings is 2. The van der Waals surface area contributed by atoms with E-state index in [1.807, 2.05) is 0 Å². The summed E-state index contributed by atoms with van der Waals surface area (Å²) in [4.78, 5) is 37.2. The van der Waals surface area contributed by atoms with Crippen molar-refractivity contribution in [3.63, 3.8) is 0 Å². The first-order valence-corrected chi connectivity index (χ1v) is 8.31. The summed E-state index contributed by atoms with van der Waals surface area (Å²) in [6.45, 7) is -0.284. The summed E-state index contributed by atoms with van der Waals surface area (Å²) in [5.41, 5.74) is 0.910. The quantitative estimate of drug-likeness (QED) is 0.565. The number of esters is 1. The molecule has 128 valence electrons. The summed E-state index contributed by atoms with van der Waals surface area (Å²) in [6, 6.07) is 10.9. The van der Waals surface area contributed by atoms with Crippen LogP contribution in [0.5, 0.6) is 0 Å². The van der Waals surface area contributed by atoms with Crippen LogP contribution in [0, 0.1) is 5.82 Å². The van der Waals surface area contributed by atoms with Crippen LogP contribution in [-0.4, -0.2) is 29.2 Å². The van der Waals surface area contributed by atoms with Gasteiger partial charge in [-0.15, -0.1) is 0 Å². The zero-order chi connectivity index (χ0) is 18.0. The van der Waals surface area contributed by atoms with E-state index in [2.05, 4.69) is 15.9 Å². The zero-order valence-electron chi connectivity index (χ0n) is 13.0. The summed E-state index contributed by atoms with van der Waals surface area (Å²) < 4.78 is 19.3. The number of amides is 2. The van der Waals surface area contributed by atoms with Gasteiger partial charge >= 0.3 is 5.97 Å². The van der Waals surface area contributed by atoms with Crippen molar-refractivity contribution in [1.82, 2.24) is 4.90 Å². The molecule has 2 aromatic rings. The molecular weight excluding hydrogens is 393 g/mol. The lowest BCUT2D eigenvalue weighted by atomic mass is 10.1. The molecule has 7 heteroatoms. The third-order valence-electron chi connectivity index (χ3n) is 3.82. The molecule has 5 nitrogen and oxygen atoms in total. The zero-order valence-corrected chi connectivity index (χ0v) is 14.6. The second-order valence-electron chi connectivity index (χ2n) is 5.45. The average Bonchev–Trinajstić information content (AvgIpc) is 2.84. The Labute approximate surface area is 151 Å². The topological polar surface area (TPSA) is 63.7 Å². The van der Waals surface area contributed by atoms with Gasteiger partial charge in [0.2, 0.25) is 0 Å². The Bertz CT molecular complexity index is 833. The van der Waals surface area contributed by atoms with Gasteiger partial charge in [0, 0.05) is 16.6 Å². The first-order valence-electron chi connectivity index (χ1n) is 7.52. The number of hydrogen-bond acceptors (Lipinski definition) is 4. The number of imide groups is 1. The number of halogens is 2. The van der Waals surface area contributed by atoms with Crippen molar-refractivity contribution >= 4 is 33.7 Å². The first kappa shape index (κ1) is 17.3. The predicted octanol–water partition coefficient (Wildman–Crippen LogP) is 3.32. The van der Waals surface area contributed by atoms with E-state index in [4.69, 9.17) is 4.74 Å². The van der Waals surface area contributed by atoms with Crippen molar-refractivity contribution in [2.24, 2.45) is 0 Å². The van der Waals surface area contributed by atoms with Crippen LogP contribution in [0.15, 0.2) is 46.9 Å². The summed E-state index contributed by atoms with van der Waals surface area (Å²) in [5, 5.41) is 0. The van der Waals surface area contributed by atoms with Crippen molar-refractivity contribution in [1.29, 1.82) is 0 Å². The number of carbonyl (C=O) groups is 3. The summed E-state index contributed by atoms with van der Waals surface area (Å²) in [6.07, 6.45) is -0.149. The number of carbonyl (C=O) groups excluding carboxylic acids is 3. The first-order chi connectivity index (χ1) is 12.0. The molecule has 25 heavy (non-hydrogen) atoms. The molecule has 0 spiro atoms. The number of rotatable bonds is 5. The van der Waals surface area contributed by atoms with E-state index in [0.717, 1.165) is 4.90 Å². The van der Waals surface area contributed by atoms with E-state index >= 15 is 0 Å². The summed E-state index contributed by atoms with van der Waals surface area (Å²) in [7, 11) is 0. The van der Waals surface area contributed by atoms with E-state index in [9.17, 15) is 18.8 Å². The van der Waals surface area contributed by atoms with Crippen LogP contribution in [0.3, 0.4) is 0 Å². The third-order valence-corrected chi connectivity index (χ3v) is 4.31. The van der Waals surface area contributed by atoms with Crippen molar-refractivity contribution in [2.45, 2.75) is 13.0 Å². The van der Waals surface area contributed by atoms with Gasteiger partial charge in [0.15, 0.2) is 0 Å². The smallest absolute Gasteiger partial charge is 0.307 e. The maximum absolute atomic E-state index is 13.7. The van der Waals surface area contributed by atoms with Crippen molar-refractivity contribution in [2.75, 3.05) is 6.54 Å². The van der Waals surface area contributed by atoms with Gasteiger partial charge in [-0.05, 0) is 24.3 Å². The van der Waals surface area contributed by atoms with E-state index in [0.29, 0.717) is 15.6 Å². The van der Waals surface area contributed by atoms with E-state index in [1.165, 1.54) is 12.1 Å². The van der Waals surface area contributed by atoms with Gasteiger partial charge < -0.3 is 4.74 Å². The monoisotopic (exact) mass is 405 g/mol. The molecule has 0 saturated carbocycles. The minimum atomic E-state index is -0.612. The highest BCUT2D eigenvalue weighted by Gasteiger charge is 2.35. The predicted molar refractivity (Wildman–Crippen MR) is 90.3 cm³/mol. The minimum Gasteiger partial charge on any atom is -0.461 e. The SMILES string of the molecule is O=C(CCN1C(=O)c2ccccc2C1=O)OCc1ccc(Br)cc1F. The Balaban J connectivity index is 1.55. The Hall–Kier alpha value is -2.54. The Morgan fingerprint density at radius 3 is 2.32 bits per heavy atom. The van der Waals surface area contributed by atoms with Gasteiger partial charge in [-0.1, -0.05) is 34.1 Å². The van der Waals surface area contributed by atoms with E-state index < -0.39 is 23.6 Å². The van der Waals surface area contributed by atoms with Gasteiger partial charge in [-0.2, -0.15) is 0 Å². The molecule has 1 heterocycles. The second kappa shape index (κ2) is 7.14. The van der Waals surface area contributed by atoms with Crippen LogP contribution in [0.4, 0.5) is 4.39 Å². The summed E-state index contributed by atoms with van der Waals surface area (Å²) in [5.74, 6) is -1.94. The van der Waals surface area contributed by atoms with Crippen LogP contribution in [-0.2, 0) is 16.1 Å². The Morgan fingerprint density at radius 1 is 1.08 bits per heavy atom. The van der Waals surface area contributed by atoms with Crippen LogP contribution >= 0.6 is 15.9 Å². The molecular formula is C18H13BrFNO4. The van der Waals surface area contributed by atoms with Crippen molar-refractivity contribution < 1.29 is 23.5 Å². The molecule has 0 bridgehead atoms. The van der Waals surface area contributed by atoms with Crippen LogP contribution < -0.4 is 0 Å². The lowest BCUT2D eigenvalue weighted by Gasteiger charge is -2.13. The van der Waals surface area contributed by atoms with Gasteiger partial charge in [-0.3, -0.25) is 19.3 Å². The summed E-state index contributed by atoms with van der Waals surface area (Å²) >= 11 is 3.15. The molecule has 0 saturated heterocycles. The number of nitrogens with zero attached hydrogens (tertiary/aromatic N) is 1. The third kappa shape index (κ3) is 3.61. The van der Waals surface area contributed by atoms with Crippen LogP contribution in [0.1, 0.15) is 32.7 Å². The maximum Gasteiger partial charge on any atom is 0.307 e.